The van der Waals surface area contributed by atoms with Crippen molar-refractivity contribution in [2.24, 2.45) is 5.92 Å². The maximum absolute atomic E-state index is 11.3. The van der Waals surface area contributed by atoms with Gasteiger partial charge in [-0.05, 0) is 31.5 Å². The van der Waals surface area contributed by atoms with E-state index < -0.39 is 0 Å². The van der Waals surface area contributed by atoms with E-state index >= 15 is 0 Å². The van der Waals surface area contributed by atoms with Gasteiger partial charge < -0.3 is 14.6 Å². The lowest BCUT2D eigenvalue weighted by Gasteiger charge is -2.12. The van der Waals surface area contributed by atoms with Crippen molar-refractivity contribution in [1.29, 1.82) is 0 Å². The van der Waals surface area contributed by atoms with Crippen LogP contribution in [0.5, 0.6) is 5.75 Å². The first-order valence-corrected chi connectivity index (χ1v) is 5.66. The average molecular weight is 238 g/mol. The topological polar surface area (TPSA) is 55.8 Å². The molecule has 0 bridgehead atoms. The van der Waals surface area contributed by atoms with Gasteiger partial charge in [0.05, 0.1) is 19.1 Å². The molecule has 0 aromatic heterocycles. The van der Waals surface area contributed by atoms with Crippen LogP contribution in [0.4, 0.5) is 0 Å². The molecule has 1 unspecified atom stereocenters. The largest absolute Gasteiger partial charge is 0.493 e. The van der Waals surface area contributed by atoms with Gasteiger partial charge >= 0.3 is 5.97 Å². The first-order chi connectivity index (χ1) is 8.17. The molecule has 1 aromatic carbocycles. The summed E-state index contributed by atoms with van der Waals surface area (Å²) in [5.74, 6) is 0.0891. The third-order valence-electron chi connectivity index (χ3n) is 2.27. The molecule has 1 N–H and O–H groups in total. The summed E-state index contributed by atoms with van der Waals surface area (Å²) in [5.41, 5.74) is 0.784. The molecule has 4 heteroatoms. The molecule has 1 atom stereocenters. The number of ether oxygens (including phenoxy) is 2. The zero-order valence-electron chi connectivity index (χ0n) is 10.2. The Hall–Kier alpha value is -1.55. The second kappa shape index (κ2) is 6.91. The van der Waals surface area contributed by atoms with Crippen LogP contribution in [0, 0.1) is 5.92 Å². The monoisotopic (exact) mass is 238 g/mol. The van der Waals surface area contributed by atoms with Crippen LogP contribution in [-0.4, -0.2) is 24.3 Å². The van der Waals surface area contributed by atoms with E-state index in [9.17, 15) is 4.79 Å². The van der Waals surface area contributed by atoms with E-state index in [4.69, 9.17) is 14.6 Å². The summed E-state index contributed by atoms with van der Waals surface area (Å²) in [4.78, 5) is 11.3. The normalized spacial score (nSPS) is 11.9. The predicted molar refractivity (Wildman–Crippen MR) is 63.7 cm³/mol. The molecule has 0 aliphatic carbocycles. The molecule has 0 aliphatic heterocycles. The minimum atomic E-state index is -0.298. The van der Waals surface area contributed by atoms with Gasteiger partial charge in [0.15, 0.2) is 0 Å². The lowest BCUT2D eigenvalue weighted by molar-refractivity contribution is -0.148. The van der Waals surface area contributed by atoms with E-state index in [1.54, 1.807) is 32.0 Å². The van der Waals surface area contributed by atoms with Crippen molar-refractivity contribution in [2.75, 3.05) is 13.2 Å². The first-order valence-electron chi connectivity index (χ1n) is 5.66. The van der Waals surface area contributed by atoms with E-state index in [1.807, 2.05) is 6.07 Å². The second-order valence-corrected chi connectivity index (χ2v) is 3.77. The Morgan fingerprint density at radius 3 is 2.88 bits per heavy atom. The van der Waals surface area contributed by atoms with Gasteiger partial charge in [-0.2, -0.15) is 0 Å². The zero-order chi connectivity index (χ0) is 12.7. The number of hydrogen-bond donors (Lipinski definition) is 1. The number of carbonyl (C=O) groups is 1. The van der Waals surface area contributed by atoms with Crippen LogP contribution in [0.15, 0.2) is 24.3 Å². The quantitative estimate of drug-likeness (QED) is 0.767. The molecule has 94 valence electrons. The predicted octanol–water partition coefficient (Wildman–Crippen LogP) is 1.76. The van der Waals surface area contributed by atoms with Crippen LogP contribution >= 0.6 is 0 Å². The lowest BCUT2D eigenvalue weighted by atomic mass is 10.2. The van der Waals surface area contributed by atoms with Crippen LogP contribution in [-0.2, 0) is 16.1 Å². The van der Waals surface area contributed by atoms with Gasteiger partial charge in [0, 0.05) is 0 Å². The van der Waals surface area contributed by atoms with E-state index in [0.29, 0.717) is 12.4 Å². The fourth-order valence-electron chi connectivity index (χ4n) is 1.31. The van der Waals surface area contributed by atoms with Crippen molar-refractivity contribution in [1.82, 2.24) is 0 Å². The fraction of sp³-hybridized carbons (Fsp3) is 0.462. The van der Waals surface area contributed by atoms with Crippen molar-refractivity contribution in [3.8, 4) is 5.75 Å². The zero-order valence-corrected chi connectivity index (χ0v) is 10.2. The Bertz CT molecular complexity index is 362. The second-order valence-electron chi connectivity index (χ2n) is 3.77. The molecular weight excluding hydrogens is 220 g/mol. The highest BCUT2D eigenvalue weighted by molar-refractivity contribution is 5.72. The fourth-order valence-corrected chi connectivity index (χ4v) is 1.31. The summed E-state index contributed by atoms with van der Waals surface area (Å²) >= 11 is 0. The van der Waals surface area contributed by atoms with Crippen molar-refractivity contribution >= 4 is 5.97 Å². The van der Waals surface area contributed by atoms with Crippen LogP contribution in [0.1, 0.15) is 19.4 Å². The summed E-state index contributed by atoms with van der Waals surface area (Å²) in [7, 11) is 0. The van der Waals surface area contributed by atoms with E-state index in [0.717, 1.165) is 5.56 Å². The average Bonchev–Trinajstić information content (AvgIpc) is 2.36. The number of carbonyl (C=O) groups excluding carboxylic acids is 1. The van der Waals surface area contributed by atoms with Gasteiger partial charge in [0.1, 0.15) is 12.4 Å². The first kappa shape index (κ1) is 13.5. The Kier molecular flexibility index (Phi) is 5.49. The number of benzene rings is 1. The maximum Gasteiger partial charge on any atom is 0.312 e. The number of hydrogen-bond acceptors (Lipinski definition) is 4. The van der Waals surface area contributed by atoms with Gasteiger partial charge in [-0.15, -0.1) is 0 Å². The Labute approximate surface area is 101 Å². The third kappa shape index (κ3) is 4.44. The summed E-state index contributed by atoms with van der Waals surface area (Å²) in [6.07, 6.45) is 0. The molecule has 0 saturated heterocycles. The Morgan fingerprint density at radius 1 is 1.47 bits per heavy atom. The lowest BCUT2D eigenvalue weighted by Crippen LogP contribution is -2.21. The molecule has 0 fully saturated rings. The highest BCUT2D eigenvalue weighted by Crippen LogP contribution is 2.14. The highest BCUT2D eigenvalue weighted by Gasteiger charge is 2.14. The van der Waals surface area contributed by atoms with Gasteiger partial charge in [-0.3, -0.25) is 4.79 Å². The number of rotatable bonds is 6. The molecule has 0 heterocycles. The van der Waals surface area contributed by atoms with E-state index in [1.165, 1.54) is 0 Å². The maximum atomic E-state index is 11.3. The standard InChI is InChI=1S/C13H18O4/c1-3-16-13(15)10(2)9-17-12-6-4-5-11(7-12)8-14/h4-7,10,14H,3,8-9H2,1-2H3. The van der Waals surface area contributed by atoms with Gasteiger partial charge in [0.25, 0.3) is 0 Å². The molecular formula is C13H18O4. The molecule has 0 saturated carbocycles. The number of aliphatic hydroxyl groups excluding tert-OH is 1. The highest BCUT2D eigenvalue weighted by atomic mass is 16.5. The minimum Gasteiger partial charge on any atom is -0.493 e. The third-order valence-corrected chi connectivity index (χ3v) is 2.27. The van der Waals surface area contributed by atoms with Gasteiger partial charge in [-0.25, -0.2) is 0 Å². The summed E-state index contributed by atoms with van der Waals surface area (Å²) in [5, 5.41) is 8.97. The molecule has 1 rings (SSSR count). The summed E-state index contributed by atoms with van der Waals surface area (Å²) in [6, 6.07) is 7.15. The van der Waals surface area contributed by atoms with Crippen molar-refractivity contribution < 1.29 is 19.4 Å². The Morgan fingerprint density at radius 2 is 2.24 bits per heavy atom. The van der Waals surface area contributed by atoms with Crippen LogP contribution in [0.25, 0.3) is 0 Å². The molecule has 17 heavy (non-hydrogen) atoms. The van der Waals surface area contributed by atoms with Crippen molar-refractivity contribution in [2.45, 2.75) is 20.5 Å². The Balaban J connectivity index is 2.46. The molecule has 4 nitrogen and oxygen atoms in total. The van der Waals surface area contributed by atoms with Gasteiger partial charge in [-0.1, -0.05) is 12.1 Å². The van der Waals surface area contributed by atoms with Crippen LogP contribution in [0.2, 0.25) is 0 Å². The molecule has 1 aromatic rings. The SMILES string of the molecule is CCOC(=O)C(C)COc1cccc(CO)c1. The van der Waals surface area contributed by atoms with E-state index in [-0.39, 0.29) is 25.1 Å². The van der Waals surface area contributed by atoms with Crippen molar-refractivity contribution in [3.63, 3.8) is 0 Å². The summed E-state index contributed by atoms with van der Waals surface area (Å²) in [6.45, 7) is 4.16. The smallest absolute Gasteiger partial charge is 0.312 e. The van der Waals surface area contributed by atoms with Gasteiger partial charge in [0.2, 0.25) is 0 Å². The number of aliphatic hydroxyl groups is 1. The summed E-state index contributed by atoms with van der Waals surface area (Å²) < 4.78 is 10.3. The molecule has 0 amide bonds. The van der Waals surface area contributed by atoms with Crippen LogP contribution in [0.3, 0.4) is 0 Å². The molecule has 0 spiro atoms. The number of esters is 1. The minimum absolute atomic E-state index is 0.0232. The molecule has 0 aliphatic rings. The van der Waals surface area contributed by atoms with E-state index in [2.05, 4.69) is 0 Å². The molecule has 0 radical (unpaired) electrons. The van der Waals surface area contributed by atoms with Crippen molar-refractivity contribution in [3.05, 3.63) is 29.8 Å². The van der Waals surface area contributed by atoms with Crippen LogP contribution < -0.4 is 4.74 Å².